The van der Waals surface area contributed by atoms with Gasteiger partial charge in [0.2, 0.25) is 5.88 Å². The number of rotatable bonds is 4. The van der Waals surface area contributed by atoms with Crippen LogP contribution in [0.1, 0.15) is 5.56 Å². The van der Waals surface area contributed by atoms with Gasteiger partial charge < -0.3 is 10.5 Å². The molecular formula is C18H12N4O3. The van der Waals surface area contributed by atoms with E-state index in [9.17, 15) is 9.59 Å². The van der Waals surface area contributed by atoms with E-state index >= 15 is 0 Å². The van der Waals surface area contributed by atoms with Gasteiger partial charge in [-0.25, -0.2) is 0 Å². The lowest BCUT2D eigenvalue weighted by Crippen LogP contribution is -2.20. The minimum atomic E-state index is -0.939. The highest BCUT2D eigenvalue weighted by molar-refractivity contribution is 6.00. The molecule has 0 spiro atoms. The summed E-state index contributed by atoms with van der Waals surface area (Å²) in [7, 11) is 0. The van der Waals surface area contributed by atoms with Crippen LogP contribution in [0.15, 0.2) is 65.1 Å². The van der Waals surface area contributed by atoms with Crippen molar-refractivity contribution >= 4 is 17.6 Å². The molecule has 2 heterocycles. The van der Waals surface area contributed by atoms with Gasteiger partial charge in [-0.1, -0.05) is 24.3 Å². The van der Waals surface area contributed by atoms with Gasteiger partial charge in [0.05, 0.1) is 0 Å². The van der Waals surface area contributed by atoms with E-state index < -0.39 is 11.5 Å². The third-order valence-electron chi connectivity index (χ3n) is 3.37. The molecule has 7 nitrogen and oxygen atoms in total. The summed E-state index contributed by atoms with van der Waals surface area (Å²) in [4.78, 5) is 28.4. The van der Waals surface area contributed by atoms with Crippen LogP contribution in [0.5, 0.6) is 11.6 Å². The van der Waals surface area contributed by atoms with Crippen LogP contribution in [0.3, 0.4) is 0 Å². The molecule has 3 aromatic rings. The molecule has 0 bridgehead atoms. The number of pyridine rings is 1. The van der Waals surface area contributed by atoms with Crippen LogP contribution in [0.25, 0.3) is 11.7 Å². The highest BCUT2D eigenvalue weighted by Crippen LogP contribution is 2.23. The molecule has 0 aliphatic carbocycles. The molecule has 1 amide bonds. The monoisotopic (exact) mass is 332 g/mol. The fraction of sp³-hybridized carbons (Fsp3) is 0. The predicted octanol–water partition coefficient (Wildman–Crippen LogP) is 1.88. The Balaban J connectivity index is 2.26. The van der Waals surface area contributed by atoms with Gasteiger partial charge in [0, 0.05) is 6.20 Å². The maximum absolute atomic E-state index is 12.8. The molecule has 0 aliphatic heterocycles. The van der Waals surface area contributed by atoms with E-state index in [1.54, 1.807) is 48.5 Å². The quantitative estimate of drug-likeness (QED) is 0.579. The highest BCUT2D eigenvalue weighted by Gasteiger charge is 2.15. The largest absolute Gasteiger partial charge is 0.438 e. The predicted molar refractivity (Wildman–Crippen MR) is 90.8 cm³/mol. The summed E-state index contributed by atoms with van der Waals surface area (Å²) >= 11 is 0. The first-order chi connectivity index (χ1) is 12.1. The van der Waals surface area contributed by atoms with Crippen molar-refractivity contribution in [2.75, 3.05) is 0 Å². The number of para-hydroxylation sites is 1. The molecule has 0 saturated heterocycles. The van der Waals surface area contributed by atoms with Gasteiger partial charge in [-0.05, 0) is 30.3 Å². The smallest absolute Gasteiger partial charge is 0.269 e. The van der Waals surface area contributed by atoms with Crippen LogP contribution < -0.4 is 16.0 Å². The van der Waals surface area contributed by atoms with Gasteiger partial charge >= 0.3 is 0 Å². The van der Waals surface area contributed by atoms with Crippen LogP contribution in [0.4, 0.5) is 0 Å². The molecule has 0 saturated carbocycles. The lowest BCUT2D eigenvalue weighted by molar-refractivity contribution is -0.114. The van der Waals surface area contributed by atoms with Crippen LogP contribution in [-0.2, 0) is 4.79 Å². The van der Waals surface area contributed by atoms with Gasteiger partial charge in [0.1, 0.15) is 28.6 Å². The average Bonchev–Trinajstić information content (AvgIpc) is 2.62. The second-order valence-corrected chi connectivity index (χ2v) is 5.01. The molecule has 7 heteroatoms. The van der Waals surface area contributed by atoms with Crippen molar-refractivity contribution < 1.29 is 9.53 Å². The van der Waals surface area contributed by atoms with E-state index in [0.717, 1.165) is 6.08 Å². The molecular weight excluding hydrogens is 320 g/mol. The van der Waals surface area contributed by atoms with Crippen LogP contribution in [0.2, 0.25) is 0 Å². The molecule has 0 atom stereocenters. The molecule has 0 fully saturated rings. The number of aromatic nitrogens is 2. The molecule has 25 heavy (non-hydrogen) atoms. The third kappa shape index (κ3) is 3.23. The number of carbonyl (C=O) groups excluding carboxylic acids is 1. The fourth-order valence-electron chi connectivity index (χ4n) is 2.19. The van der Waals surface area contributed by atoms with Gasteiger partial charge in [-0.15, -0.1) is 0 Å². The fourth-order valence-corrected chi connectivity index (χ4v) is 2.19. The molecule has 3 rings (SSSR count). The van der Waals surface area contributed by atoms with Gasteiger partial charge in [0.25, 0.3) is 11.5 Å². The van der Waals surface area contributed by atoms with E-state index in [2.05, 4.69) is 4.98 Å². The van der Waals surface area contributed by atoms with Crippen molar-refractivity contribution in [2.24, 2.45) is 5.73 Å². The first-order valence-corrected chi connectivity index (χ1v) is 7.26. The molecule has 0 radical (unpaired) electrons. The number of primary amides is 1. The second-order valence-electron chi connectivity index (χ2n) is 5.01. The summed E-state index contributed by atoms with van der Waals surface area (Å²) in [5, 5.41) is 9.05. The van der Waals surface area contributed by atoms with E-state index in [0.29, 0.717) is 11.4 Å². The number of nitrogens with zero attached hydrogens (tertiary/aromatic N) is 3. The Morgan fingerprint density at radius 2 is 1.92 bits per heavy atom. The van der Waals surface area contributed by atoms with E-state index in [4.69, 9.17) is 15.7 Å². The number of ether oxygens (including phenoxy) is 1. The van der Waals surface area contributed by atoms with Gasteiger partial charge in [-0.2, -0.15) is 10.2 Å². The molecule has 2 aromatic heterocycles. The second kappa shape index (κ2) is 6.68. The molecule has 122 valence electrons. The van der Waals surface area contributed by atoms with Crippen molar-refractivity contribution in [3.05, 3.63) is 76.2 Å². The van der Waals surface area contributed by atoms with Gasteiger partial charge in [-0.3, -0.25) is 14.0 Å². The minimum Gasteiger partial charge on any atom is -0.438 e. The Hall–Kier alpha value is -3.92. The van der Waals surface area contributed by atoms with Crippen LogP contribution in [0, 0.1) is 11.3 Å². The number of nitriles is 1. The third-order valence-corrected chi connectivity index (χ3v) is 3.37. The van der Waals surface area contributed by atoms with Crippen molar-refractivity contribution in [1.29, 1.82) is 5.26 Å². The van der Waals surface area contributed by atoms with E-state index in [1.807, 2.05) is 6.07 Å². The number of hydrogen-bond donors (Lipinski definition) is 1. The Bertz CT molecular complexity index is 1080. The van der Waals surface area contributed by atoms with Crippen molar-refractivity contribution in [3.63, 3.8) is 0 Å². The number of hydrogen-bond acceptors (Lipinski definition) is 5. The minimum absolute atomic E-state index is 0.0172. The number of nitrogens with two attached hydrogens (primary N) is 1. The van der Waals surface area contributed by atoms with Gasteiger partial charge in [0.15, 0.2) is 0 Å². The zero-order chi connectivity index (χ0) is 17.8. The lowest BCUT2D eigenvalue weighted by atomic mass is 10.2. The highest BCUT2D eigenvalue weighted by atomic mass is 16.5. The number of amides is 1. The number of fused-ring (bicyclic) bond motifs is 1. The van der Waals surface area contributed by atoms with Crippen molar-refractivity contribution in [3.8, 4) is 17.7 Å². The maximum atomic E-state index is 12.8. The number of carbonyl (C=O) groups is 1. The lowest BCUT2D eigenvalue weighted by Gasteiger charge is -2.09. The van der Waals surface area contributed by atoms with E-state index in [-0.39, 0.29) is 17.0 Å². The Morgan fingerprint density at radius 1 is 1.20 bits per heavy atom. The Labute approximate surface area is 142 Å². The Kier molecular flexibility index (Phi) is 4.26. The standard InChI is InChI=1S/C18H12N4O3/c19-11-12(16(20)23)10-14-17(25-13-6-2-1-3-7-13)21-15-8-4-5-9-22(15)18(14)24/h1-10H,(H2,20,23)/b12-10+. The molecule has 2 N–H and O–H groups in total. The summed E-state index contributed by atoms with van der Waals surface area (Å²) < 4.78 is 6.98. The van der Waals surface area contributed by atoms with Crippen LogP contribution in [-0.4, -0.2) is 15.3 Å². The molecule has 0 aliphatic rings. The normalized spacial score (nSPS) is 11.1. The zero-order valence-electron chi connectivity index (χ0n) is 12.9. The topological polar surface area (TPSA) is 110 Å². The summed E-state index contributed by atoms with van der Waals surface area (Å²) in [6.45, 7) is 0. The average molecular weight is 332 g/mol. The summed E-state index contributed by atoms with van der Waals surface area (Å²) in [6, 6.07) is 15.5. The summed E-state index contributed by atoms with van der Waals surface area (Å²) in [5.41, 5.74) is 4.64. The SMILES string of the molecule is N#C/C(=C\c1c(Oc2ccccc2)nc2ccccn2c1=O)C(N)=O. The van der Waals surface area contributed by atoms with Crippen LogP contribution >= 0.6 is 0 Å². The summed E-state index contributed by atoms with van der Waals surface area (Å²) in [6.07, 6.45) is 2.62. The van der Waals surface area contributed by atoms with E-state index in [1.165, 1.54) is 10.6 Å². The number of benzene rings is 1. The first kappa shape index (κ1) is 16.0. The molecule has 0 unspecified atom stereocenters. The molecule has 1 aromatic carbocycles. The summed E-state index contributed by atoms with van der Waals surface area (Å²) in [5.74, 6) is -0.496. The maximum Gasteiger partial charge on any atom is 0.269 e. The Morgan fingerprint density at radius 3 is 2.60 bits per heavy atom. The zero-order valence-corrected chi connectivity index (χ0v) is 12.9. The first-order valence-electron chi connectivity index (χ1n) is 7.26. The van der Waals surface area contributed by atoms with Crippen molar-refractivity contribution in [1.82, 2.24) is 9.38 Å². The van der Waals surface area contributed by atoms with Crippen molar-refractivity contribution in [2.45, 2.75) is 0 Å².